The summed E-state index contributed by atoms with van der Waals surface area (Å²) in [5, 5.41) is 5.58. The van der Waals surface area contributed by atoms with E-state index in [1.54, 1.807) is 24.3 Å². The van der Waals surface area contributed by atoms with Crippen molar-refractivity contribution in [3.8, 4) is 5.75 Å². The molecule has 2 N–H and O–H groups in total. The molecule has 142 valence electrons. The lowest BCUT2D eigenvalue weighted by Gasteiger charge is -2.19. The first-order valence-corrected chi connectivity index (χ1v) is 9.17. The number of rotatable bonds is 6. The van der Waals surface area contributed by atoms with Gasteiger partial charge in [0.05, 0.1) is 0 Å². The summed E-state index contributed by atoms with van der Waals surface area (Å²) >= 11 is 0. The molecule has 1 aliphatic rings. The molecule has 0 bridgehead atoms. The predicted octanol–water partition coefficient (Wildman–Crippen LogP) is 3.57. The molecule has 0 radical (unpaired) electrons. The third kappa shape index (κ3) is 5.23. The molecule has 1 heterocycles. The molecule has 3 rings (SSSR count). The minimum absolute atomic E-state index is 0.0766. The highest BCUT2D eigenvalue weighted by Crippen LogP contribution is 2.25. The Kier molecular flexibility index (Phi) is 5.96. The normalized spacial score (nSPS) is 13.3. The van der Waals surface area contributed by atoms with Crippen molar-refractivity contribution in [3.63, 3.8) is 0 Å². The maximum atomic E-state index is 12.2. The SMILES string of the molecule is CC(=O)Nc1ccc(OCC(=O)Nc2ccc(N3CCCC3)cc2C)cc1. The Morgan fingerprint density at radius 3 is 2.37 bits per heavy atom. The van der Waals surface area contributed by atoms with E-state index in [9.17, 15) is 9.59 Å². The monoisotopic (exact) mass is 367 g/mol. The smallest absolute Gasteiger partial charge is 0.262 e. The fraction of sp³-hybridized carbons (Fsp3) is 0.333. The van der Waals surface area contributed by atoms with Crippen molar-refractivity contribution in [1.82, 2.24) is 0 Å². The van der Waals surface area contributed by atoms with E-state index < -0.39 is 0 Å². The number of carbonyl (C=O) groups is 2. The summed E-state index contributed by atoms with van der Waals surface area (Å²) < 4.78 is 5.51. The summed E-state index contributed by atoms with van der Waals surface area (Å²) in [6.45, 7) is 5.57. The highest BCUT2D eigenvalue weighted by Gasteiger charge is 2.13. The second-order valence-corrected chi connectivity index (χ2v) is 6.74. The summed E-state index contributed by atoms with van der Waals surface area (Å²) in [6, 6.07) is 13.0. The van der Waals surface area contributed by atoms with Crippen molar-refractivity contribution in [2.75, 3.05) is 35.2 Å². The van der Waals surface area contributed by atoms with Crippen molar-refractivity contribution in [1.29, 1.82) is 0 Å². The number of carbonyl (C=O) groups excluding carboxylic acids is 2. The number of aryl methyl sites for hydroxylation is 1. The van der Waals surface area contributed by atoms with Crippen LogP contribution in [0.5, 0.6) is 5.75 Å². The van der Waals surface area contributed by atoms with Gasteiger partial charge in [0.1, 0.15) is 5.75 Å². The Balaban J connectivity index is 1.52. The van der Waals surface area contributed by atoms with E-state index in [4.69, 9.17) is 4.74 Å². The minimum atomic E-state index is -0.210. The maximum Gasteiger partial charge on any atom is 0.262 e. The molecule has 1 saturated heterocycles. The largest absolute Gasteiger partial charge is 0.484 e. The highest BCUT2D eigenvalue weighted by atomic mass is 16.5. The van der Waals surface area contributed by atoms with E-state index in [1.165, 1.54) is 25.5 Å². The average Bonchev–Trinajstić information content (AvgIpc) is 3.17. The molecule has 1 fully saturated rings. The highest BCUT2D eigenvalue weighted by molar-refractivity contribution is 5.93. The number of hydrogen-bond donors (Lipinski definition) is 2. The van der Waals surface area contributed by atoms with Gasteiger partial charge in [-0.2, -0.15) is 0 Å². The van der Waals surface area contributed by atoms with Crippen LogP contribution < -0.4 is 20.3 Å². The minimum Gasteiger partial charge on any atom is -0.484 e. The molecule has 0 atom stereocenters. The molecule has 0 aromatic heterocycles. The molecule has 0 aliphatic carbocycles. The van der Waals surface area contributed by atoms with Crippen molar-refractivity contribution >= 4 is 28.9 Å². The van der Waals surface area contributed by atoms with Crippen LogP contribution in [0.15, 0.2) is 42.5 Å². The first-order valence-electron chi connectivity index (χ1n) is 9.17. The molecule has 2 aromatic rings. The molecule has 0 spiro atoms. The Morgan fingerprint density at radius 2 is 1.74 bits per heavy atom. The van der Waals surface area contributed by atoms with E-state index in [2.05, 4.69) is 27.7 Å². The van der Waals surface area contributed by atoms with E-state index in [-0.39, 0.29) is 18.4 Å². The third-order valence-electron chi connectivity index (χ3n) is 4.50. The molecule has 0 unspecified atom stereocenters. The van der Waals surface area contributed by atoms with Gasteiger partial charge in [-0.3, -0.25) is 9.59 Å². The van der Waals surface area contributed by atoms with Crippen molar-refractivity contribution in [3.05, 3.63) is 48.0 Å². The summed E-state index contributed by atoms with van der Waals surface area (Å²) in [6.07, 6.45) is 2.47. The summed E-state index contributed by atoms with van der Waals surface area (Å²) in [5.74, 6) is 0.229. The van der Waals surface area contributed by atoms with E-state index in [0.29, 0.717) is 11.4 Å². The number of nitrogens with zero attached hydrogens (tertiary/aromatic N) is 1. The molecule has 2 amide bonds. The molecular formula is C21H25N3O3. The van der Waals surface area contributed by atoms with Crippen LogP contribution in [-0.2, 0) is 9.59 Å². The Morgan fingerprint density at radius 1 is 1.04 bits per heavy atom. The molecule has 1 aliphatic heterocycles. The second kappa shape index (κ2) is 8.58. The lowest BCUT2D eigenvalue weighted by Crippen LogP contribution is -2.21. The van der Waals surface area contributed by atoms with Gasteiger partial charge in [-0.25, -0.2) is 0 Å². The number of hydrogen-bond acceptors (Lipinski definition) is 4. The number of ether oxygens (including phenoxy) is 1. The average molecular weight is 367 g/mol. The van der Waals surface area contributed by atoms with Crippen LogP contribution in [-0.4, -0.2) is 31.5 Å². The molecular weight excluding hydrogens is 342 g/mol. The van der Waals surface area contributed by atoms with E-state index >= 15 is 0 Å². The first kappa shape index (κ1) is 18.8. The van der Waals surface area contributed by atoms with Crippen LogP contribution in [0.25, 0.3) is 0 Å². The van der Waals surface area contributed by atoms with Crippen LogP contribution in [0.1, 0.15) is 25.3 Å². The molecule has 6 nitrogen and oxygen atoms in total. The van der Waals surface area contributed by atoms with Gasteiger partial charge in [0.15, 0.2) is 6.61 Å². The fourth-order valence-electron chi connectivity index (χ4n) is 3.13. The van der Waals surface area contributed by atoms with Crippen molar-refractivity contribution in [2.45, 2.75) is 26.7 Å². The zero-order chi connectivity index (χ0) is 19.2. The zero-order valence-corrected chi connectivity index (χ0v) is 15.7. The van der Waals surface area contributed by atoms with E-state index in [0.717, 1.165) is 24.3 Å². The second-order valence-electron chi connectivity index (χ2n) is 6.74. The zero-order valence-electron chi connectivity index (χ0n) is 15.7. The Labute approximate surface area is 159 Å². The molecule has 0 saturated carbocycles. The fourth-order valence-corrected chi connectivity index (χ4v) is 3.13. The Bertz CT molecular complexity index is 812. The van der Waals surface area contributed by atoms with Gasteiger partial charge in [-0.15, -0.1) is 0 Å². The number of nitrogens with one attached hydrogen (secondary N) is 2. The van der Waals surface area contributed by atoms with E-state index in [1.807, 2.05) is 13.0 Å². The van der Waals surface area contributed by atoms with Gasteiger partial charge < -0.3 is 20.3 Å². The Hall–Kier alpha value is -3.02. The number of amides is 2. The lowest BCUT2D eigenvalue weighted by atomic mass is 10.1. The van der Waals surface area contributed by atoms with Crippen LogP contribution in [0.2, 0.25) is 0 Å². The lowest BCUT2D eigenvalue weighted by molar-refractivity contribution is -0.118. The molecule has 6 heteroatoms. The predicted molar refractivity (Wildman–Crippen MR) is 107 cm³/mol. The van der Waals surface area contributed by atoms with Crippen LogP contribution >= 0.6 is 0 Å². The van der Waals surface area contributed by atoms with Crippen molar-refractivity contribution < 1.29 is 14.3 Å². The maximum absolute atomic E-state index is 12.2. The first-order chi connectivity index (χ1) is 13.0. The van der Waals surface area contributed by atoms with Crippen LogP contribution in [0, 0.1) is 6.92 Å². The van der Waals surface area contributed by atoms with Crippen molar-refractivity contribution in [2.24, 2.45) is 0 Å². The number of anilines is 3. The third-order valence-corrected chi connectivity index (χ3v) is 4.50. The van der Waals surface area contributed by atoms with Gasteiger partial charge in [0, 0.05) is 37.1 Å². The number of benzene rings is 2. The summed E-state index contributed by atoms with van der Waals surface area (Å²) in [7, 11) is 0. The van der Waals surface area contributed by atoms with Gasteiger partial charge in [0.2, 0.25) is 5.91 Å². The standard InChI is InChI=1S/C21H25N3O3/c1-15-13-18(24-11-3-4-12-24)7-10-20(15)23-21(26)14-27-19-8-5-17(6-9-19)22-16(2)25/h5-10,13H,3-4,11-12,14H2,1-2H3,(H,22,25)(H,23,26). The van der Waals surface area contributed by atoms with Gasteiger partial charge in [-0.05, 0) is 67.8 Å². The summed E-state index contributed by atoms with van der Waals surface area (Å²) in [5.41, 5.74) is 3.73. The molecule has 2 aromatic carbocycles. The van der Waals surface area contributed by atoms with Crippen LogP contribution in [0.3, 0.4) is 0 Å². The van der Waals surface area contributed by atoms with Gasteiger partial charge in [0.25, 0.3) is 5.91 Å². The van der Waals surface area contributed by atoms with Crippen LogP contribution in [0.4, 0.5) is 17.1 Å². The summed E-state index contributed by atoms with van der Waals surface area (Å²) in [4.78, 5) is 25.6. The topological polar surface area (TPSA) is 70.7 Å². The quantitative estimate of drug-likeness (QED) is 0.819. The molecule has 27 heavy (non-hydrogen) atoms. The van der Waals surface area contributed by atoms with Gasteiger partial charge in [-0.1, -0.05) is 0 Å². The van der Waals surface area contributed by atoms with Gasteiger partial charge >= 0.3 is 0 Å².